The van der Waals surface area contributed by atoms with E-state index in [0.29, 0.717) is 0 Å². The van der Waals surface area contributed by atoms with Gasteiger partial charge in [0.25, 0.3) is 0 Å². The Morgan fingerprint density at radius 2 is 1.17 bits per heavy atom. The lowest BCUT2D eigenvalue weighted by molar-refractivity contribution is 0.556. The standard InChI is InChI=1S/C40H40O/c1-2-3-4-5-6-7-8-9-10-11-14-30-17-19-31(20-18-30)21-22-32-23-25-34-33(29-32)24-26-36-35(34)27-28-39-40(36)37-15-12-13-16-38(37)41-39/h12-13,15-20,23-29H,2-11,14H2,1H3. The molecule has 6 rings (SSSR count). The van der Waals surface area contributed by atoms with Crippen molar-refractivity contribution in [1.29, 1.82) is 0 Å². The fourth-order valence-electron chi connectivity index (χ4n) is 6.16. The summed E-state index contributed by atoms with van der Waals surface area (Å²) in [7, 11) is 0. The predicted octanol–water partition coefficient (Wildman–Crippen LogP) is 11.8. The Bertz CT molecular complexity index is 1820. The van der Waals surface area contributed by atoms with Gasteiger partial charge in [-0.25, -0.2) is 0 Å². The lowest BCUT2D eigenvalue weighted by Gasteiger charge is -2.06. The molecule has 1 heterocycles. The first-order chi connectivity index (χ1) is 20.3. The summed E-state index contributed by atoms with van der Waals surface area (Å²) in [6, 6.07) is 32.4. The van der Waals surface area contributed by atoms with Crippen molar-refractivity contribution < 1.29 is 4.42 Å². The van der Waals surface area contributed by atoms with Crippen molar-refractivity contribution >= 4 is 43.5 Å². The molecule has 1 nitrogen and oxygen atoms in total. The van der Waals surface area contributed by atoms with Crippen LogP contribution in [0.15, 0.2) is 95.4 Å². The molecule has 0 atom stereocenters. The van der Waals surface area contributed by atoms with Gasteiger partial charge in [0.1, 0.15) is 11.2 Å². The van der Waals surface area contributed by atoms with Crippen LogP contribution in [0.3, 0.4) is 0 Å². The summed E-state index contributed by atoms with van der Waals surface area (Å²) in [5.41, 5.74) is 5.42. The monoisotopic (exact) mass is 536 g/mol. The van der Waals surface area contributed by atoms with Crippen molar-refractivity contribution in [2.24, 2.45) is 0 Å². The van der Waals surface area contributed by atoms with Gasteiger partial charge in [-0.05, 0) is 76.3 Å². The maximum atomic E-state index is 6.10. The minimum atomic E-state index is 0.938. The van der Waals surface area contributed by atoms with Gasteiger partial charge in [-0.1, -0.05) is 131 Å². The smallest absolute Gasteiger partial charge is 0.136 e. The summed E-state index contributed by atoms with van der Waals surface area (Å²) in [5.74, 6) is 6.77. The number of para-hydroxylation sites is 1. The average Bonchev–Trinajstić information content (AvgIpc) is 3.40. The van der Waals surface area contributed by atoms with Crippen LogP contribution in [0.4, 0.5) is 0 Å². The van der Waals surface area contributed by atoms with Crippen LogP contribution >= 0.6 is 0 Å². The number of hydrogen-bond donors (Lipinski definition) is 0. The highest BCUT2D eigenvalue weighted by Crippen LogP contribution is 2.37. The van der Waals surface area contributed by atoms with Crippen LogP contribution in [0, 0.1) is 11.8 Å². The molecule has 1 aromatic heterocycles. The van der Waals surface area contributed by atoms with Gasteiger partial charge < -0.3 is 4.42 Å². The topological polar surface area (TPSA) is 13.1 Å². The SMILES string of the molecule is CCCCCCCCCCCCc1ccc(C#Cc2ccc3c(ccc4c3ccc3oc5ccccc5c34)c2)cc1. The summed E-state index contributed by atoms with van der Waals surface area (Å²) in [6.07, 6.45) is 15.0. The molecule has 0 saturated carbocycles. The third-order valence-electron chi connectivity index (χ3n) is 8.48. The number of unbranched alkanes of at least 4 members (excludes halogenated alkanes) is 9. The van der Waals surface area contributed by atoms with Crippen LogP contribution in [-0.2, 0) is 6.42 Å². The molecule has 0 spiro atoms. The molecule has 0 aliphatic heterocycles. The van der Waals surface area contributed by atoms with Gasteiger partial charge in [0.15, 0.2) is 0 Å². The first-order valence-electron chi connectivity index (χ1n) is 15.7. The minimum absolute atomic E-state index is 0.938. The molecule has 0 unspecified atom stereocenters. The Hall–Kier alpha value is -4.02. The van der Waals surface area contributed by atoms with Crippen molar-refractivity contribution in [3.05, 3.63) is 108 Å². The van der Waals surface area contributed by atoms with Gasteiger partial charge in [0.2, 0.25) is 0 Å². The summed E-state index contributed by atoms with van der Waals surface area (Å²) in [4.78, 5) is 0. The van der Waals surface area contributed by atoms with E-state index in [1.54, 1.807) is 0 Å². The Morgan fingerprint density at radius 1 is 0.512 bits per heavy atom. The highest BCUT2D eigenvalue weighted by atomic mass is 16.3. The quantitative estimate of drug-likeness (QED) is 0.0911. The molecule has 1 heteroatoms. The predicted molar refractivity (Wildman–Crippen MR) is 177 cm³/mol. The first-order valence-corrected chi connectivity index (χ1v) is 15.7. The van der Waals surface area contributed by atoms with E-state index < -0.39 is 0 Å². The number of furan rings is 1. The molecule has 0 bridgehead atoms. The third-order valence-corrected chi connectivity index (χ3v) is 8.48. The molecule has 0 fully saturated rings. The molecule has 41 heavy (non-hydrogen) atoms. The van der Waals surface area contributed by atoms with Crippen LogP contribution < -0.4 is 0 Å². The van der Waals surface area contributed by atoms with Gasteiger partial charge >= 0.3 is 0 Å². The zero-order valence-electron chi connectivity index (χ0n) is 24.3. The molecule has 0 saturated heterocycles. The second-order valence-electron chi connectivity index (χ2n) is 11.5. The Morgan fingerprint density at radius 3 is 1.98 bits per heavy atom. The molecule has 206 valence electrons. The molecule has 6 aromatic rings. The van der Waals surface area contributed by atoms with Gasteiger partial charge in [-0.15, -0.1) is 0 Å². The molecule has 5 aromatic carbocycles. The molecular weight excluding hydrogens is 496 g/mol. The van der Waals surface area contributed by atoms with E-state index in [1.807, 2.05) is 12.1 Å². The maximum absolute atomic E-state index is 6.10. The molecule has 0 aliphatic carbocycles. The summed E-state index contributed by atoms with van der Waals surface area (Å²) >= 11 is 0. The summed E-state index contributed by atoms with van der Waals surface area (Å²) in [5, 5.41) is 7.31. The minimum Gasteiger partial charge on any atom is -0.456 e. The lowest BCUT2D eigenvalue weighted by atomic mass is 9.97. The second-order valence-corrected chi connectivity index (χ2v) is 11.5. The Labute approximate surface area is 244 Å². The van der Waals surface area contributed by atoms with Crippen LogP contribution in [0.1, 0.15) is 87.8 Å². The van der Waals surface area contributed by atoms with Crippen molar-refractivity contribution in [2.75, 3.05) is 0 Å². The van der Waals surface area contributed by atoms with E-state index in [-0.39, 0.29) is 0 Å². The van der Waals surface area contributed by atoms with E-state index in [2.05, 4.69) is 97.6 Å². The highest BCUT2D eigenvalue weighted by Gasteiger charge is 2.11. The molecule has 0 amide bonds. The lowest BCUT2D eigenvalue weighted by Crippen LogP contribution is -1.87. The van der Waals surface area contributed by atoms with Gasteiger partial charge in [0, 0.05) is 21.9 Å². The second kappa shape index (κ2) is 13.1. The van der Waals surface area contributed by atoms with E-state index in [1.165, 1.54) is 109 Å². The van der Waals surface area contributed by atoms with Crippen LogP contribution in [-0.4, -0.2) is 0 Å². The summed E-state index contributed by atoms with van der Waals surface area (Å²) < 4.78 is 6.10. The van der Waals surface area contributed by atoms with E-state index >= 15 is 0 Å². The molecule has 0 N–H and O–H groups in total. The number of aryl methyl sites for hydroxylation is 1. The Kier molecular flexibility index (Phi) is 8.68. The number of fused-ring (bicyclic) bond motifs is 7. The van der Waals surface area contributed by atoms with Crippen LogP contribution in [0.25, 0.3) is 43.5 Å². The van der Waals surface area contributed by atoms with Crippen molar-refractivity contribution in [1.82, 2.24) is 0 Å². The fourth-order valence-corrected chi connectivity index (χ4v) is 6.16. The zero-order chi connectivity index (χ0) is 27.9. The third kappa shape index (κ3) is 6.34. The Balaban J connectivity index is 1.08. The molecular formula is C40H40O. The summed E-state index contributed by atoms with van der Waals surface area (Å²) in [6.45, 7) is 2.29. The zero-order valence-corrected chi connectivity index (χ0v) is 24.3. The van der Waals surface area contributed by atoms with Crippen molar-refractivity contribution in [2.45, 2.75) is 77.6 Å². The first kappa shape index (κ1) is 27.2. The fraction of sp³-hybridized carbons (Fsp3) is 0.300. The number of rotatable bonds is 11. The van der Waals surface area contributed by atoms with Gasteiger partial charge in [0.05, 0.1) is 0 Å². The van der Waals surface area contributed by atoms with E-state index in [9.17, 15) is 0 Å². The van der Waals surface area contributed by atoms with Gasteiger partial charge in [-0.2, -0.15) is 0 Å². The number of benzene rings is 5. The van der Waals surface area contributed by atoms with Crippen LogP contribution in [0.5, 0.6) is 0 Å². The average molecular weight is 537 g/mol. The molecule has 0 aliphatic rings. The van der Waals surface area contributed by atoms with Gasteiger partial charge in [-0.3, -0.25) is 0 Å². The van der Waals surface area contributed by atoms with Crippen molar-refractivity contribution in [3.8, 4) is 11.8 Å². The maximum Gasteiger partial charge on any atom is 0.136 e. The molecule has 0 radical (unpaired) electrons. The van der Waals surface area contributed by atoms with Crippen LogP contribution in [0.2, 0.25) is 0 Å². The number of hydrogen-bond acceptors (Lipinski definition) is 1. The van der Waals surface area contributed by atoms with E-state index in [4.69, 9.17) is 4.42 Å². The normalized spacial score (nSPS) is 11.4. The van der Waals surface area contributed by atoms with E-state index in [0.717, 1.165) is 22.3 Å². The van der Waals surface area contributed by atoms with Crippen molar-refractivity contribution in [3.63, 3.8) is 0 Å². The largest absolute Gasteiger partial charge is 0.456 e. The highest BCUT2D eigenvalue weighted by molar-refractivity contribution is 6.23.